The highest BCUT2D eigenvalue weighted by molar-refractivity contribution is 5.88. The molecule has 0 aliphatic carbocycles. The maximum atomic E-state index is 14.0. The summed E-state index contributed by atoms with van der Waals surface area (Å²) in [5.74, 6) is -0.909. The Kier molecular flexibility index (Phi) is 3.24. The Morgan fingerprint density at radius 2 is 1.78 bits per heavy atom. The van der Waals surface area contributed by atoms with Crippen molar-refractivity contribution in [2.45, 2.75) is 13.8 Å². The first kappa shape index (κ1) is 12.4. The van der Waals surface area contributed by atoms with Gasteiger partial charge in [0.15, 0.2) is 6.29 Å². The summed E-state index contributed by atoms with van der Waals surface area (Å²) in [6.07, 6.45) is 0.539. The molecule has 0 aliphatic heterocycles. The van der Waals surface area contributed by atoms with Gasteiger partial charge in [0.05, 0.1) is 0 Å². The van der Waals surface area contributed by atoms with Crippen molar-refractivity contribution in [1.29, 1.82) is 0 Å². The molecule has 2 aromatic carbocycles. The van der Waals surface area contributed by atoms with Crippen molar-refractivity contribution in [3.8, 4) is 11.1 Å². The van der Waals surface area contributed by atoms with Crippen molar-refractivity contribution in [3.05, 3.63) is 58.7 Å². The van der Waals surface area contributed by atoms with Crippen molar-refractivity contribution in [1.82, 2.24) is 0 Å². The molecule has 0 saturated heterocycles. The third-order valence-corrected chi connectivity index (χ3v) is 2.84. The van der Waals surface area contributed by atoms with Gasteiger partial charge in [-0.25, -0.2) is 8.78 Å². The molecule has 2 aromatic rings. The van der Waals surface area contributed by atoms with Gasteiger partial charge in [-0.2, -0.15) is 0 Å². The second-order valence-corrected chi connectivity index (χ2v) is 4.29. The Bertz CT molecular complexity index is 595. The lowest BCUT2D eigenvalue weighted by Crippen LogP contribution is -1.95. The van der Waals surface area contributed by atoms with E-state index in [1.54, 1.807) is 13.8 Å². The lowest BCUT2D eigenvalue weighted by Gasteiger charge is -2.11. The van der Waals surface area contributed by atoms with E-state index in [1.807, 2.05) is 6.07 Å². The van der Waals surface area contributed by atoms with Crippen molar-refractivity contribution in [3.63, 3.8) is 0 Å². The van der Waals surface area contributed by atoms with Crippen LogP contribution in [0.3, 0.4) is 0 Å². The standard InChI is InChI=1S/C15H12F2O/c1-9-5-10(2)15(14(17)6-9)13-4-3-12(16)7-11(13)8-18/h3-8H,1-2H3. The summed E-state index contributed by atoms with van der Waals surface area (Å²) in [6.45, 7) is 3.56. The SMILES string of the molecule is Cc1cc(C)c(-c2ccc(F)cc2C=O)c(F)c1. The van der Waals surface area contributed by atoms with Gasteiger partial charge in [0, 0.05) is 11.1 Å². The number of hydrogen-bond acceptors (Lipinski definition) is 1. The fourth-order valence-electron chi connectivity index (χ4n) is 2.12. The van der Waals surface area contributed by atoms with E-state index in [0.717, 1.165) is 17.2 Å². The van der Waals surface area contributed by atoms with Crippen LogP contribution < -0.4 is 0 Å². The Labute approximate surface area is 104 Å². The first-order chi connectivity index (χ1) is 8.52. The van der Waals surface area contributed by atoms with Crippen LogP contribution in [0.15, 0.2) is 30.3 Å². The third-order valence-electron chi connectivity index (χ3n) is 2.84. The van der Waals surface area contributed by atoms with Crippen LogP contribution in [0.4, 0.5) is 8.78 Å². The molecule has 0 bridgehead atoms. The maximum absolute atomic E-state index is 14.0. The second kappa shape index (κ2) is 4.69. The average Bonchev–Trinajstić information content (AvgIpc) is 2.29. The second-order valence-electron chi connectivity index (χ2n) is 4.29. The predicted octanol–water partition coefficient (Wildman–Crippen LogP) is 4.06. The van der Waals surface area contributed by atoms with E-state index in [9.17, 15) is 13.6 Å². The van der Waals surface area contributed by atoms with Crippen LogP contribution in [0.25, 0.3) is 11.1 Å². The van der Waals surface area contributed by atoms with Crippen LogP contribution >= 0.6 is 0 Å². The van der Waals surface area contributed by atoms with Gasteiger partial charge in [0.2, 0.25) is 0 Å². The van der Waals surface area contributed by atoms with Crippen molar-refractivity contribution in [2.24, 2.45) is 0 Å². The van der Waals surface area contributed by atoms with Gasteiger partial charge in [0.25, 0.3) is 0 Å². The number of benzene rings is 2. The molecule has 1 nitrogen and oxygen atoms in total. The van der Waals surface area contributed by atoms with Crippen molar-refractivity contribution >= 4 is 6.29 Å². The van der Waals surface area contributed by atoms with Crippen molar-refractivity contribution in [2.75, 3.05) is 0 Å². The van der Waals surface area contributed by atoms with Gasteiger partial charge in [-0.05, 0) is 48.7 Å². The van der Waals surface area contributed by atoms with Gasteiger partial charge in [-0.1, -0.05) is 12.1 Å². The first-order valence-electron chi connectivity index (χ1n) is 5.55. The summed E-state index contributed by atoms with van der Waals surface area (Å²) in [4.78, 5) is 11.0. The van der Waals surface area contributed by atoms with E-state index in [0.29, 0.717) is 17.4 Å². The molecule has 0 fully saturated rings. The minimum Gasteiger partial charge on any atom is -0.298 e. The molecule has 0 aromatic heterocycles. The van der Waals surface area contributed by atoms with Crippen LogP contribution in [-0.2, 0) is 0 Å². The van der Waals surface area contributed by atoms with Gasteiger partial charge in [0.1, 0.15) is 11.6 Å². The van der Waals surface area contributed by atoms with E-state index in [4.69, 9.17) is 0 Å². The largest absolute Gasteiger partial charge is 0.298 e. The zero-order chi connectivity index (χ0) is 13.3. The highest BCUT2D eigenvalue weighted by atomic mass is 19.1. The highest BCUT2D eigenvalue weighted by Gasteiger charge is 2.13. The molecule has 0 spiro atoms. The van der Waals surface area contributed by atoms with Crippen LogP contribution in [0, 0.1) is 25.5 Å². The summed E-state index contributed by atoms with van der Waals surface area (Å²) in [5, 5.41) is 0. The quantitative estimate of drug-likeness (QED) is 0.730. The molecule has 92 valence electrons. The first-order valence-corrected chi connectivity index (χ1v) is 5.55. The fraction of sp³-hybridized carbons (Fsp3) is 0.133. The molecule has 2 rings (SSSR count). The molecule has 0 atom stereocenters. The van der Waals surface area contributed by atoms with E-state index in [2.05, 4.69) is 0 Å². The molecule has 0 N–H and O–H groups in total. The van der Waals surface area contributed by atoms with Crippen LogP contribution in [0.2, 0.25) is 0 Å². The normalized spacial score (nSPS) is 10.4. The molecule has 0 aliphatic rings. The van der Waals surface area contributed by atoms with E-state index >= 15 is 0 Å². The summed E-state index contributed by atoms with van der Waals surface area (Å²) < 4.78 is 27.1. The van der Waals surface area contributed by atoms with Crippen LogP contribution in [0.1, 0.15) is 21.5 Å². The Morgan fingerprint density at radius 1 is 1.06 bits per heavy atom. The molecular weight excluding hydrogens is 234 g/mol. The maximum Gasteiger partial charge on any atom is 0.150 e. The predicted molar refractivity (Wildman–Crippen MR) is 66.7 cm³/mol. The van der Waals surface area contributed by atoms with Gasteiger partial charge < -0.3 is 0 Å². The molecule has 0 amide bonds. The van der Waals surface area contributed by atoms with E-state index in [-0.39, 0.29) is 5.56 Å². The molecule has 0 heterocycles. The number of carbonyl (C=O) groups excluding carboxylic acids is 1. The molecule has 0 saturated carbocycles. The van der Waals surface area contributed by atoms with Gasteiger partial charge >= 0.3 is 0 Å². The fourth-order valence-corrected chi connectivity index (χ4v) is 2.12. The Balaban J connectivity index is 2.73. The monoisotopic (exact) mass is 246 g/mol. The number of halogens is 2. The van der Waals surface area contributed by atoms with Gasteiger partial charge in [-0.3, -0.25) is 4.79 Å². The lowest BCUT2D eigenvalue weighted by molar-refractivity contribution is 0.112. The average molecular weight is 246 g/mol. The lowest BCUT2D eigenvalue weighted by atomic mass is 9.94. The summed E-state index contributed by atoms with van der Waals surface area (Å²) in [5.41, 5.74) is 2.45. The highest BCUT2D eigenvalue weighted by Crippen LogP contribution is 2.30. The Morgan fingerprint density at radius 3 is 2.39 bits per heavy atom. The minimum absolute atomic E-state index is 0.154. The van der Waals surface area contributed by atoms with Gasteiger partial charge in [-0.15, -0.1) is 0 Å². The number of aryl methyl sites for hydroxylation is 2. The molecule has 0 radical (unpaired) electrons. The van der Waals surface area contributed by atoms with E-state index in [1.165, 1.54) is 18.2 Å². The number of carbonyl (C=O) groups is 1. The Hall–Kier alpha value is -2.03. The zero-order valence-electron chi connectivity index (χ0n) is 10.1. The number of rotatable bonds is 2. The molecular formula is C15H12F2O. The third kappa shape index (κ3) is 2.16. The number of aldehydes is 1. The summed E-state index contributed by atoms with van der Waals surface area (Å²) in [6, 6.07) is 7.00. The summed E-state index contributed by atoms with van der Waals surface area (Å²) >= 11 is 0. The topological polar surface area (TPSA) is 17.1 Å². The number of hydrogen-bond donors (Lipinski definition) is 0. The molecule has 18 heavy (non-hydrogen) atoms. The zero-order valence-corrected chi connectivity index (χ0v) is 10.1. The van der Waals surface area contributed by atoms with Crippen LogP contribution in [-0.4, -0.2) is 6.29 Å². The smallest absolute Gasteiger partial charge is 0.150 e. The molecule has 0 unspecified atom stereocenters. The summed E-state index contributed by atoms with van der Waals surface area (Å²) in [7, 11) is 0. The van der Waals surface area contributed by atoms with Crippen LogP contribution in [0.5, 0.6) is 0 Å². The van der Waals surface area contributed by atoms with E-state index < -0.39 is 11.6 Å². The molecule has 3 heteroatoms. The van der Waals surface area contributed by atoms with Crippen molar-refractivity contribution < 1.29 is 13.6 Å². The minimum atomic E-state index is -0.508.